The van der Waals surface area contributed by atoms with Crippen molar-refractivity contribution in [2.24, 2.45) is 5.10 Å². The van der Waals surface area contributed by atoms with E-state index in [9.17, 15) is 9.59 Å². The molecule has 0 fully saturated rings. The number of amides is 2. The summed E-state index contributed by atoms with van der Waals surface area (Å²) in [5, 5.41) is 10.2. The fourth-order valence-corrected chi connectivity index (χ4v) is 5.43. The molecule has 1 aliphatic rings. The summed E-state index contributed by atoms with van der Waals surface area (Å²) in [5.74, 6) is -0.373. The first-order valence-corrected chi connectivity index (χ1v) is 13.0. The maximum Gasteiger partial charge on any atom is 0.271 e. The second-order valence-electron chi connectivity index (χ2n) is 8.63. The van der Waals surface area contributed by atoms with Gasteiger partial charge in [-0.15, -0.1) is 0 Å². The van der Waals surface area contributed by atoms with E-state index in [0.717, 1.165) is 33.3 Å². The van der Waals surface area contributed by atoms with Gasteiger partial charge in [-0.2, -0.15) is 5.10 Å². The van der Waals surface area contributed by atoms with E-state index in [2.05, 4.69) is 20.8 Å². The van der Waals surface area contributed by atoms with E-state index in [4.69, 9.17) is 11.6 Å². The van der Waals surface area contributed by atoms with Crippen LogP contribution in [0.5, 0.6) is 0 Å². The van der Waals surface area contributed by atoms with Gasteiger partial charge in [-0.25, -0.2) is 10.4 Å². The fourth-order valence-electron chi connectivity index (χ4n) is 4.39. The van der Waals surface area contributed by atoms with Crippen LogP contribution in [0.1, 0.15) is 31.2 Å². The molecule has 0 radical (unpaired) electrons. The quantitative estimate of drug-likeness (QED) is 0.180. The number of hydrogen-bond donors (Lipinski definition) is 2. The topological polar surface area (TPSA) is 86.7 Å². The minimum Gasteiger partial charge on any atom is -0.331 e. The first-order valence-electron chi connectivity index (χ1n) is 11.8. The van der Waals surface area contributed by atoms with E-state index in [0.29, 0.717) is 27.3 Å². The van der Waals surface area contributed by atoms with Crippen LogP contribution in [0.15, 0.2) is 96.1 Å². The molecule has 4 aromatic carbocycles. The normalized spacial score (nSPS) is 12.4. The number of anilines is 3. The third kappa shape index (κ3) is 4.63. The van der Waals surface area contributed by atoms with Crippen LogP contribution in [0.4, 0.5) is 16.5 Å². The zero-order chi connectivity index (χ0) is 26.1. The van der Waals surface area contributed by atoms with E-state index in [1.54, 1.807) is 17.0 Å². The summed E-state index contributed by atoms with van der Waals surface area (Å²) in [7, 11) is 0. The summed E-state index contributed by atoms with van der Waals surface area (Å²) in [6.45, 7) is 0.413. The Morgan fingerprint density at radius 1 is 0.974 bits per heavy atom. The van der Waals surface area contributed by atoms with E-state index >= 15 is 0 Å². The number of nitrogens with zero attached hydrogens (tertiary/aromatic N) is 3. The fraction of sp³-hybridized carbons (Fsp3) is 0.0345. The zero-order valence-corrected chi connectivity index (χ0v) is 21.5. The average molecular weight is 538 g/mol. The molecule has 9 heteroatoms. The van der Waals surface area contributed by atoms with Crippen LogP contribution in [-0.2, 0) is 6.54 Å². The van der Waals surface area contributed by atoms with Crippen molar-refractivity contribution in [3.63, 3.8) is 0 Å². The van der Waals surface area contributed by atoms with Crippen molar-refractivity contribution in [2.45, 2.75) is 6.54 Å². The maximum atomic E-state index is 13.0. The standard InChI is InChI=1S/C29H20ClN5O2S/c30-26-24(38-29(33-26)32-21-8-2-1-3-9-21)16-31-34-27(36)20-14-12-18(13-15-20)17-35-23-11-5-7-19-6-4-10-22(25(19)23)28(35)37/h1-16H,17H2,(H,32,33)(H,34,36)/b31-16-. The first-order chi connectivity index (χ1) is 18.6. The van der Waals surface area contributed by atoms with Gasteiger partial charge < -0.3 is 10.2 Å². The van der Waals surface area contributed by atoms with Gasteiger partial charge in [0.15, 0.2) is 10.3 Å². The van der Waals surface area contributed by atoms with Gasteiger partial charge >= 0.3 is 0 Å². The lowest BCUT2D eigenvalue weighted by Crippen LogP contribution is -2.26. The van der Waals surface area contributed by atoms with E-state index in [1.165, 1.54) is 17.6 Å². The molecular weight excluding hydrogens is 518 g/mol. The summed E-state index contributed by atoms with van der Waals surface area (Å²) in [6.07, 6.45) is 1.47. The maximum absolute atomic E-state index is 13.0. The van der Waals surface area contributed by atoms with Crippen molar-refractivity contribution in [3.05, 3.63) is 118 Å². The number of thiazole rings is 1. The number of hydrogen-bond acceptors (Lipinski definition) is 6. The number of carbonyl (C=O) groups is 2. The van der Waals surface area contributed by atoms with Gasteiger partial charge in [-0.1, -0.05) is 77.5 Å². The molecular formula is C29H20ClN5O2S. The van der Waals surface area contributed by atoms with Gasteiger partial charge in [0, 0.05) is 22.2 Å². The van der Waals surface area contributed by atoms with Crippen molar-refractivity contribution in [2.75, 3.05) is 10.2 Å². The van der Waals surface area contributed by atoms with Crippen LogP contribution >= 0.6 is 22.9 Å². The Morgan fingerprint density at radius 3 is 2.53 bits per heavy atom. The Morgan fingerprint density at radius 2 is 1.74 bits per heavy atom. The Labute approximate surface area is 227 Å². The molecule has 5 aromatic rings. The number of aromatic nitrogens is 1. The van der Waals surface area contributed by atoms with Crippen molar-refractivity contribution in [1.29, 1.82) is 0 Å². The van der Waals surface area contributed by atoms with Gasteiger partial charge in [0.25, 0.3) is 11.8 Å². The molecule has 2 N–H and O–H groups in total. The molecule has 0 bridgehead atoms. The molecule has 38 heavy (non-hydrogen) atoms. The first kappa shape index (κ1) is 23.8. The Balaban J connectivity index is 1.09. The monoisotopic (exact) mass is 537 g/mol. The van der Waals surface area contributed by atoms with E-state index in [1.807, 2.05) is 78.9 Å². The number of rotatable bonds is 7. The van der Waals surface area contributed by atoms with Crippen LogP contribution in [0, 0.1) is 0 Å². The van der Waals surface area contributed by atoms with Crippen molar-refractivity contribution < 1.29 is 9.59 Å². The lowest BCUT2D eigenvalue weighted by molar-refractivity contribution is 0.0953. The highest BCUT2D eigenvalue weighted by Gasteiger charge is 2.29. The van der Waals surface area contributed by atoms with Crippen molar-refractivity contribution in [1.82, 2.24) is 10.4 Å². The lowest BCUT2D eigenvalue weighted by atomic mass is 10.1. The molecule has 186 valence electrons. The number of nitrogens with one attached hydrogen (secondary N) is 2. The third-order valence-corrected chi connectivity index (χ3v) is 7.49. The predicted molar refractivity (Wildman–Crippen MR) is 153 cm³/mol. The number of para-hydroxylation sites is 1. The van der Waals surface area contributed by atoms with Gasteiger partial charge in [-0.05, 0) is 47.3 Å². The highest BCUT2D eigenvalue weighted by atomic mass is 35.5. The number of benzene rings is 4. The highest BCUT2D eigenvalue weighted by Crippen LogP contribution is 2.38. The summed E-state index contributed by atoms with van der Waals surface area (Å²) in [4.78, 5) is 32.3. The molecule has 1 aliphatic heterocycles. The number of halogens is 1. The highest BCUT2D eigenvalue weighted by molar-refractivity contribution is 7.17. The number of carbonyl (C=O) groups excluding carboxylic acids is 2. The van der Waals surface area contributed by atoms with Crippen LogP contribution in [0.25, 0.3) is 10.8 Å². The molecule has 6 rings (SSSR count). The van der Waals surface area contributed by atoms with Crippen LogP contribution in [0.3, 0.4) is 0 Å². The minimum atomic E-state index is -0.356. The molecule has 7 nitrogen and oxygen atoms in total. The van der Waals surface area contributed by atoms with Crippen molar-refractivity contribution >= 4 is 68.2 Å². The van der Waals surface area contributed by atoms with E-state index in [-0.39, 0.29) is 11.8 Å². The number of hydrazone groups is 1. The average Bonchev–Trinajstić information content (AvgIpc) is 3.42. The Kier molecular flexibility index (Phi) is 6.33. The third-order valence-electron chi connectivity index (χ3n) is 6.19. The van der Waals surface area contributed by atoms with Gasteiger partial charge in [0.2, 0.25) is 0 Å². The SMILES string of the molecule is O=C(N/N=C\c1sc(Nc2ccccc2)nc1Cl)c1ccc(CN2C(=O)c3cccc4cccc2c34)cc1. The van der Waals surface area contributed by atoms with Crippen LogP contribution in [-0.4, -0.2) is 23.0 Å². The summed E-state index contributed by atoms with van der Waals surface area (Å²) < 4.78 is 0. The van der Waals surface area contributed by atoms with Gasteiger partial charge in [-0.3, -0.25) is 9.59 Å². The van der Waals surface area contributed by atoms with Crippen LogP contribution in [0.2, 0.25) is 5.15 Å². The largest absolute Gasteiger partial charge is 0.331 e. The Bertz CT molecular complexity index is 1690. The molecule has 0 aliphatic carbocycles. The van der Waals surface area contributed by atoms with Gasteiger partial charge in [0.05, 0.1) is 23.3 Å². The molecule has 0 unspecified atom stereocenters. The molecule has 2 heterocycles. The second-order valence-corrected chi connectivity index (χ2v) is 10.0. The lowest BCUT2D eigenvalue weighted by Gasteiger charge is -2.18. The molecule has 2 amide bonds. The van der Waals surface area contributed by atoms with Gasteiger partial charge in [0.1, 0.15) is 0 Å². The molecule has 0 spiro atoms. The Hall–Kier alpha value is -4.53. The van der Waals surface area contributed by atoms with E-state index < -0.39 is 0 Å². The summed E-state index contributed by atoms with van der Waals surface area (Å²) >= 11 is 7.55. The molecule has 0 saturated heterocycles. The summed E-state index contributed by atoms with van der Waals surface area (Å²) in [5.41, 5.74) is 6.41. The van der Waals surface area contributed by atoms with Crippen molar-refractivity contribution in [3.8, 4) is 0 Å². The smallest absolute Gasteiger partial charge is 0.271 e. The zero-order valence-electron chi connectivity index (χ0n) is 19.9. The molecule has 1 aromatic heterocycles. The molecule has 0 atom stereocenters. The summed E-state index contributed by atoms with van der Waals surface area (Å²) in [6, 6.07) is 28.5. The molecule has 0 saturated carbocycles. The van der Waals surface area contributed by atoms with Crippen LogP contribution < -0.4 is 15.6 Å². The second kappa shape index (κ2) is 10.1. The predicted octanol–water partition coefficient (Wildman–Crippen LogP) is 6.62. The minimum absolute atomic E-state index is 0.0168.